The summed E-state index contributed by atoms with van der Waals surface area (Å²) in [6, 6.07) is 0.677. The highest BCUT2D eigenvalue weighted by Gasteiger charge is 2.24. The minimum Gasteiger partial charge on any atom is -0.335 e. The largest absolute Gasteiger partial charge is 0.335 e. The molecule has 0 aromatic rings. The first kappa shape index (κ1) is 12.7. The number of carbonyl (C=O) groups excluding carboxylic acids is 1. The van der Waals surface area contributed by atoms with E-state index >= 15 is 0 Å². The van der Waals surface area contributed by atoms with E-state index in [2.05, 4.69) is 10.6 Å². The van der Waals surface area contributed by atoms with Crippen molar-refractivity contribution in [2.45, 2.75) is 75.9 Å². The molecule has 0 bridgehead atoms. The third kappa shape index (κ3) is 3.87. The molecular formula is C13H25N3O. The van der Waals surface area contributed by atoms with Crippen LogP contribution in [-0.2, 0) is 0 Å². The van der Waals surface area contributed by atoms with E-state index in [4.69, 9.17) is 5.73 Å². The predicted octanol–water partition coefficient (Wildman–Crippen LogP) is 1.89. The lowest BCUT2D eigenvalue weighted by Gasteiger charge is -2.30. The van der Waals surface area contributed by atoms with E-state index in [0.717, 1.165) is 25.7 Å². The zero-order valence-corrected chi connectivity index (χ0v) is 10.6. The van der Waals surface area contributed by atoms with Crippen molar-refractivity contribution in [3.05, 3.63) is 0 Å². The van der Waals surface area contributed by atoms with E-state index in [1.54, 1.807) is 0 Å². The molecule has 98 valence electrons. The summed E-state index contributed by atoms with van der Waals surface area (Å²) < 4.78 is 0. The maximum absolute atomic E-state index is 11.8. The summed E-state index contributed by atoms with van der Waals surface area (Å²) in [6.45, 7) is 0. The lowest BCUT2D eigenvalue weighted by molar-refractivity contribution is 0.221. The molecule has 4 heteroatoms. The number of hydrogen-bond donors (Lipinski definition) is 3. The second-order valence-electron chi connectivity index (χ2n) is 5.51. The molecule has 2 rings (SSSR count). The summed E-state index contributed by atoms with van der Waals surface area (Å²) in [5.41, 5.74) is 6.02. The summed E-state index contributed by atoms with van der Waals surface area (Å²) in [5.74, 6) is 0. The first-order valence-corrected chi connectivity index (χ1v) is 7.08. The van der Waals surface area contributed by atoms with Crippen molar-refractivity contribution < 1.29 is 4.79 Å². The van der Waals surface area contributed by atoms with Crippen LogP contribution in [0.5, 0.6) is 0 Å². The Morgan fingerprint density at radius 3 is 2.24 bits per heavy atom. The highest BCUT2D eigenvalue weighted by Crippen LogP contribution is 2.18. The molecule has 4 N–H and O–H groups in total. The van der Waals surface area contributed by atoms with E-state index < -0.39 is 0 Å². The van der Waals surface area contributed by atoms with Crippen LogP contribution in [0.15, 0.2) is 0 Å². The summed E-state index contributed by atoms with van der Waals surface area (Å²) in [5, 5.41) is 6.12. The van der Waals surface area contributed by atoms with Gasteiger partial charge in [0.1, 0.15) is 0 Å². The van der Waals surface area contributed by atoms with Gasteiger partial charge in [-0.3, -0.25) is 0 Å². The van der Waals surface area contributed by atoms with E-state index in [1.165, 1.54) is 32.1 Å². The van der Waals surface area contributed by atoms with Crippen molar-refractivity contribution >= 4 is 6.03 Å². The van der Waals surface area contributed by atoms with Crippen molar-refractivity contribution in [1.29, 1.82) is 0 Å². The minimum atomic E-state index is -0.0146. The zero-order chi connectivity index (χ0) is 12.1. The molecule has 17 heavy (non-hydrogen) atoms. The smallest absolute Gasteiger partial charge is 0.315 e. The Hall–Kier alpha value is -0.770. The van der Waals surface area contributed by atoms with Crippen LogP contribution in [0.3, 0.4) is 0 Å². The maximum atomic E-state index is 11.8. The fourth-order valence-electron chi connectivity index (χ4n) is 2.98. The van der Waals surface area contributed by atoms with Gasteiger partial charge in [-0.1, -0.05) is 32.1 Å². The molecule has 0 radical (unpaired) electrons. The van der Waals surface area contributed by atoms with Gasteiger partial charge in [0.05, 0.1) is 0 Å². The van der Waals surface area contributed by atoms with Crippen LogP contribution < -0.4 is 16.4 Å². The highest BCUT2D eigenvalue weighted by molar-refractivity contribution is 5.74. The van der Waals surface area contributed by atoms with Gasteiger partial charge in [-0.2, -0.15) is 0 Å². The molecule has 2 unspecified atom stereocenters. The monoisotopic (exact) mass is 239 g/mol. The fourth-order valence-corrected chi connectivity index (χ4v) is 2.98. The third-order valence-electron chi connectivity index (χ3n) is 4.08. The Morgan fingerprint density at radius 1 is 0.882 bits per heavy atom. The van der Waals surface area contributed by atoms with Gasteiger partial charge in [-0.05, 0) is 25.7 Å². The molecule has 0 aromatic carbocycles. The highest BCUT2D eigenvalue weighted by atomic mass is 16.2. The molecule has 4 nitrogen and oxygen atoms in total. The number of amides is 2. The van der Waals surface area contributed by atoms with Gasteiger partial charge < -0.3 is 16.4 Å². The van der Waals surface area contributed by atoms with Gasteiger partial charge in [0.25, 0.3) is 0 Å². The van der Waals surface area contributed by atoms with Crippen molar-refractivity contribution in [3.63, 3.8) is 0 Å². The van der Waals surface area contributed by atoms with Crippen LogP contribution >= 0.6 is 0 Å². The molecule has 2 aliphatic rings. The number of urea groups is 1. The third-order valence-corrected chi connectivity index (χ3v) is 4.08. The molecule has 0 aliphatic heterocycles. The van der Waals surface area contributed by atoms with Crippen molar-refractivity contribution in [2.75, 3.05) is 0 Å². The molecule has 2 aliphatic carbocycles. The first-order valence-electron chi connectivity index (χ1n) is 7.08. The number of nitrogens with one attached hydrogen (secondary N) is 2. The number of nitrogens with two attached hydrogens (primary N) is 1. The maximum Gasteiger partial charge on any atom is 0.315 e. The van der Waals surface area contributed by atoms with Gasteiger partial charge in [0.2, 0.25) is 0 Å². The van der Waals surface area contributed by atoms with Gasteiger partial charge in [0.15, 0.2) is 0 Å². The van der Waals surface area contributed by atoms with Crippen LogP contribution in [0.25, 0.3) is 0 Å². The van der Waals surface area contributed by atoms with E-state index in [1.807, 2.05) is 0 Å². The molecule has 0 spiro atoms. The number of rotatable bonds is 2. The molecule has 2 atom stereocenters. The minimum absolute atomic E-state index is 0.0146. The Balaban J connectivity index is 1.72. The van der Waals surface area contributed by atoms with E-state index in [9.17, 15) is 4.79 Å². The van der Waals surface area contributed by atoms with Crippen molar-refractivity contribution in [2.24, 2.45) is 5.73 Å². The Morgan fingerprint density at radius 2 is 1.53 bits per heavy atom. The molecular weight excluding hydrogens is 214 g/mol. The summed E-state index contributed by atoms with van der Waals surface area (Å²) >= 11 is 0. The van der Waals surface area contributed by atoms with E-state index in [-0.39, 0.29) is 18.1 Å². The second-order valence-corrected chi connectivity index (χ2v) is 5.51. The lowest BCUT2D eigenvalue weighted by Crippen LogP contribution is -2.53. The first-order chi connectivity index (χ1) is 8.25. The van der Waals surface area contributed by atoms with Crippen LogP contribution in [0.2, 0.25) is 0 Å². The molecule has 0 heterocycles. The van der Waals surface area contributed by atoms with Gasteiger partial charge in [0, 0.05) is 18.1 Å². The topological polar surface area (TPSA) is 67.1 Å². The van der Waals surface area contributed by atoms with Crippen LogP contribution in [0.1, 0.15) is 57.8 Å². The SMILES string of the molecule is NC1CCCCC1NC(=O)NC1CCCCC1. The average Bonchev–Trinajstić information content (AvgIpc) is 2.33. The molecule has 2 fully saturated rings. The molecule has 0 aromatic heterocycles. The number of hydrogen-bond acceptors (Lipinski definition) is 2. The van der Waals surface area contributed by atoms with Gasteiger partial charge in [-0.25, -0.2) is 4.79 Å². The second kappa shape index (κ2) is 6.24. The Kier molecular flexibility index (Phi) is 4.66. The zero-order valence-electron chi connectivity index (χ0n) is 10.6. The summed E-state index contributed by atoms with van der Waals surface area (Å²) in [6.07, 6.45) is 10.5. The van der Waals surface area contributed by atoms with Crippen molar-refractivity contribution in [1.82, 2.24) is 10.6 Å². The van der Waals surface area contributed by atoms with Crippen molar-refractivity contribution in [3.8, 4) is 0 Å². The molecule has 0 saturated heterocycles. The van der Waals surface area contributed by atoms with Gasteiger partial charge in [-0.15, -0.1) is 0 Å². The standard InChI is InChI=1S/C13H25N3O/c14-11-8-4-5-9-12(11)16-13(17)15-10-6-2-1-3-7-10/h10-12H,1-9,14H2,(H2,15,16,17). The van der Waals surface area contributed by atoms with Crippen LogP contribution in [0, 0.1) is 0 Å². The van der Waals surface area contributed by atoms with Crippen LogP contribution in [0.4, 0.5) is 4.79 Å². The van der Waals surface area contributed by atoms with E-state index in [0.29, 0.717) is 6.04 Å². The summed E-state index contributed by atoms with van der Waals surface area (Å²) in [7, 11) is 0. The normalized spacial score (nSPS) is 30.9. The quantitative estimate of drug-likeness (QED) is 0.689. The van der Waals surface area contributed by atoms with Crippen LogP contribution in [-0.4, -0.2) is 24.2 Å². The Labute approximate surface area is 104 Å². The lowest BCUT2D eigenvalue weighted by atomic mass is 9.91. The average molecular weight is 239 g/mol. The summed E-state index contributed by atoms with van der Waals surface area (Å²) in [4.78, 5) is 11.8. The number of carbonyl (C=O) groups is 1. The molecule has 2 saturated carbocycles. The predicted molar refractivity (Wildman–Crippen MR) is 68.8 cm³/mol. The Bertz CT molecular complexity index is 251. The van der Waals surface area contributed by atoms with Gasteiger partial charge >= 0.3 is 6.03 Å². The fraction of sp³-hybridized carbons (Fsp3) is 0.923. The molecule has 2 amide bonds.